The van der Waals surface area contributed by atoms with Crippen molar-refractivity contribution in [1.29, 1.82) is 0 Å². The molecule has 1 atom stereocenters. The summed E-state index contributed by atoms with van der Waals surface area (Å²) in [6.45, 7) is 5.64. The smallest absolute Gasteiger partial charge is 0.124 e. The quantitative estimate of drug-likeness (QED) is 0.720. The summed E-state index contributed by atoms with van der Waals surface area (Å²) >= 11 is 0. The molecule has 1 N–H and O–H groups in total. The number of hydrogen-bond donors (Lipinski definition) is 1. The summed E-state index contributed by atoms with van der Waals surface area (Å²) in [6.07, 6.45) is 0.806. The van der Waals surface area contributed by atoms with Gasteiger partial charge in [0, 0.05) is 58.0 Å². The van der Waals surface area contributed by atoms with Crippen molar-refractivity contribution in [2.24, 2.45) is 0 Å². The zero-order valence-electron chi connectivity index (χ0n) is 17.0. The third kappa shape index (κ3) is 5.55. The first-order valence-corrected chi connectivity index (χ1v) is 9.99. The van der Waals surface area contributed by atoms with E-state index in [1.54, 1.807) is 14.2 Å². The molecule has 1 aliphatic rings. The Bertz CT molecular complexity index is 723. The van der Waals surface area contributed by atoms with Crippen molar-refractivity contribution in [3.05, 3.63) is 65.2 Å². The Morgan fingerprint density at radius 2 is 1.82 bits per heavy atom. The van der Waals surface area contributed by atoms with Crippen molar-refractivity contribution >= 4 is 0 Å². The van der Waals surface area contributed by atoms with Gasteiger partial charge in [0.2, 0.25) is 0 Å². The van der Waals surface area contributed by atoms with E-state index in [4.69, 9.17) is 9.47 Å². The lowest BCUT2D eigenvalue weighted by molar-refractivity contribution is 0.0499. The standard InChI is InChI=1S/C23H32N2O3/c1-27-18-21-14-20(8-9-23(21)28-2)15-24-11-12-25(22(17-24)10-13-26)16-19-6-4-3-5-7-19/h3-9,14,22,26H,10-13,15-18H2,1-2H3. The zero-order chi connectivity index (χ0) is 19.8. The van der Waals surface area contributed by atoms with E-state index in [0.29, 0.717) is 12.6 Å². The summed E-state index contributed by atoms with van der Waals surface area (Å²) in [5.74, 6) is 0.872. The molecule has 5 nitrogen and oxygen atoms in total. The molecule has 1 aliphatic heterocycles. The first-order valence-electron chi connectivity index (χ1n) is 9.99. The molecule has 0 bridgehead atoms. The molecule has 0 spiro atoms. The SMILES string of the molecule is COCc1cc(CN2CCN(Cc3ccccc3)C(CCO)C2)ccc1OC. The Labute approximate surface area is 168 Å². The van der Waals surface area contributed by atoms with E-state index in [2.05, 4.69) is 52.3 Å². The van der Waals surface area contributed by atoms with E-state index in [1.165, 1.54) is 11.1 Å². The van der Waals surface area contributed by atoms with Crippen molar-refractivity contribution in [2.75, 3.05) is 40.5 Å². The third-order valence-corrected chi connectivity index (χ3v) is 5.43. The minimum Gasteiger partial charge on any atom is -0.496 e. The number of rotatable bonds is 9. The van der Waals surface area contributed by atoms with Gasteiger partial charge in [-0.2, -0.15) is 0 Å². The number of piperazine rings is 1. The lowest BCUT2D eigenvalue weighted by Crippen LogP contribution is -2.52. The van der Waals surface area contributed by atoms with Crippen molar-refractivity contribution in [3.8, 4) is 5.75 Å². The fourth-order valence-electron chi connectivity index (χ4n) is 4.01. The van der Waals surface area contributed by atoms with Gasteiger partial charge in [-0.3, -0.25) is 9.80 Å². The first kappa shape index (κ1) is 20.8. The highest BCUT2D eigenvalue weighted by molar-refractivity contribution is 5.37. The van der Waals surface area contributed by atoms with Crippen LogP contribution in [-0.4, -0.2) is 61.4 Å². The zero-order valence-corrected chi connectivity index (χ0v) is 17.0. The van der Waals surface area contributed by atoms with Crippen LogP contribution in [0.1, 0.15) is 23.1 Å². The molecule has 2 aromatic carbocycles. The van der Waals surface area contributed by atoms with Crippen LogP contribution < -0.4 is 4.74 Å². The molecule has 1 saturated heterocycles. The first-order chi connectivity index (χ1) is 13.7. The van der Waals surface area contributed by atoms with Gasteiger partial charge in [0.1, 0.15) is 5.75 Å². The summed E-state index contributed by atoms with van der Waals surface area (Å²) in [6, 6.07) is 17.3. The predicted molar refractivity (Wildman–Crippen MR) is 111 cm³/mol. The molecule has 0 radical (unpaired) electrons. The van der Waals surface area contributed by atoms with Gasteiger partial charge in [-0.1, -0.05) is 36.4 Å². The summed E-state index contributed by atoms with van der Waals surface area (Å²) in [4.78, 5) is 4.99. The molecular formula is C23H32N2O3. The van der Waals surface area contributed by atoms with Crippen molar-refractivity contribution in [3.63, 3.8) is 0 Å². The monoisotopic (exact) mass is 384 g/mol. The fraction of sp³-hybridized carbons (Fsp3) is 0.478. The Morgan fingerprint density at radius 1 is 1.00 bits per heavy atom. The van der Waals surface area contributed by atoms with Gasteiger partial charge in [-0.25, -0.2) is 0 Å². The van der Waals surface area contributed by atoms with Crippen LogP contribution >= 0.6 is 0 Å². The highest BCUT2D eigenvalue weighted by atomic mass is 16.5. The second-order valence-electron chi connectivity index (χ2n) is 7.44. The van der Waals surface area contributed by atoms with Crippen LogP contribution in [0.5, 0.6) is 5.75 Å². The van der Waals surface area contributed by atoms with Gasteiger partial charge in [-0.05, 0) is 29.7 Å². The molecule has 5 heteroatoms. The van der Waals surface area contributed by atoms with E-state index in [1.807, 2.05) is 6.07 Å². The van der Waals surface area contributed by atoms with Crippen LogP contribution in [0.2, 0.25) is 0 Å². The van der Waals surface area contributed by atoms with Gasteiger partial charge >= 0.3 is 0 Å². The number of aliphatic hydroxyl groups is 1. The van der Waals surface area contributed by atoms with Crippen molar-refractivity contribution in [2.45, 2.75) is 32.2 Å². The molecule has 0 aromatic heterocycles. The summed E-state index contributed by atoms with van der Waals surface area (Å²) in [5, 5.41) is 9.56. The van der Waals surface area contributed by atoms with Gasteiger partial charge in [0.05, 0.1) is 13.7 Å². The number of ether oxygens (including phenoxy) is 2. The number of nitrogens with zero attached hydrogens (tertiary/aromatic N) is 2. The number of hydrogen-bond acceptors (Lipinski definition) is 5. The van der Waals surface area contributed by atoms with Gasteiger partial charge in [-0.15, -0.1) is 0 Å². The molecule has 1 heterocycles. The Morgan fingerprint density at radius 3 is 2.54 bits per heavy atom. The molecular weight excluding hydrogens is 352 g/mol. The molecule has 0 amide bonds. The van der Waals surface area contributed by atoms with Gasteiger partial charge < -0.3 is 14.6 Å². The number of aliphatic hydroxyl groups excluding tert-OH is 1. The average Bonchev–Trinajstić information content (AvgIpc) is 2.71. The van der Waals surface area contributed by atoms with Crippen LogP contribution in [0.15, 0.2) is 48.5 Å². The highest BCUT2D eigenvalue weighted by Gasteiger charge is 2.26. The van der Waals surface area contributed by atoms with Gasteiger partial charge in [0.15, 0.2) is 0 Å². The van der Waals surface area contributed by atoms with Crippen LogP contribution in [0.4, 0.5) is 0 Å². The predicted octanol–water partition coefficient (Wildman–Crippen LogP) is 2.91. The summed E-state index contributed by atoms with van der Waals surface area (Å²) < 4.78 is 10.7. The topological polar surface area (TPSA) is 45.2 Å². The van der Waals surface area contributed by atoms with E-state index in [9.17, 15) is 5.11 Å². The summed E-state index contributed by atoms with van der Waals surface area (Å²) in [7, 11) is 3.40. The maximum atomic E-state index is 9.56. The molecule has 3 rings (SSSR count). The minimum atomic E-state index is 0.227. The molecule has 0 saturated carbocycles. The molecule has 152 valence electrons. The second kappa shape index (κ2) is 10.6. The lowest BCUT2D eigenvalue weighted by atomic mass is 10.0. The van der Waals surface area contributed by atoms with Crippen molar-refractivity contribution in [1.82, 2.24) is 9.80 Å². The normalized spacial score (nSPS) is 18.3. The largest absolute Gasteiger partial charge is 0.496 e. The van der Waals surface area contributed by atoms with Gasteiger partial charge in [0.25, 0.3) is 0 Å². The Hall–Kier alpha value is -1.92. The lowest BCUT2D eigenvalue weighted by Gasteiger charge is -2.41. The highest BCUT2D eigenvalue weighted by Crippen LogP contribution is 2.23. The van der Waals surface area contributed by atoms with E-state index >= 15 is 0 Å². The molecule has 1 unspecified atom stereocenters. The van der Waals surface area contributed by atoms with Crippen LogP contribution in [0.25, 0.3) is 0 Å². The Kier molecular flexibility index (Phi) is 7.86. The number of benzene rings is 2. The maximum absolute atomic E-state index is 9.56. The van der Waals surface area contributed by atoms with E-state index < -0.39 is 0 Å². The molecule has 0 aliphatic carbocycles. The van der Waals surface area contributed by atoms with Crippen LogP contribution in [-0.2, 0) is 24.4 Å². The van der Waals surface area contributed by atoms with Crippen molar-refractivity contribution < 1.29 is 14.6 Å². The molecule has 2 aromatic rings. The van der Waals surface area contributed by atoms with E-state index in [-0.39, 0.29) is 6.61 Å². The minimum absolute atomic E-state index is 0.227. The summed E-state index contributed by atoms with van der Waals surface area (Å²) in [5.41, 5.74) is 3.68. The maximum Gasteiger partial charge on any atom is 0.124 e. The Balaban J connectivity index is 1.64. The van der Waals surface area contributed by atoms with E-state index in [0.717, 1.165) is 50.5 Å². The van der Waals surface area contributed by atoms with Crippen LogP contribution in [0, 0.1) is 0 Å². The van der Waals surface area contributed by atoms with Crippen LogP contribution in [0.3, 0.4) is 0 Å². The molecule has 1 fully saturated rings. The molecule has 28 heavy (non-hydrogen) atoms. The number of methoxy groups -OCH3 is 2. The average molecular weight is 385 g/mol. The fourth-order valence-corrected chi connectivity index (χ4v) is 4.01. The third-order valence-electron chi connectivity index (χ3n) is 5.43. The second-order valence-corrected chi connectivity index (χ2v) is 7.44.